The van der Waals surface area contributed by atoms with Crippen LogP contribution >= 0.6 is 0 Å². The molecule has 0 aliphatic rings. The van der Waals surface area contributed by atoms with Crippen LogP contribution < -0.4 is 10.6 Å². The lowest BCUT2D eigenvalue weighted by Gasteiger charge is -2.36. The number of carbonyl (C=O) groups excluding carboxylic acids is 3. The topological polar surface area (TPSA) is 87.7 Å². The van der Waals surface area contributed by atoms with Crippen molar-refractivity contribution in [3.05, 3.63) is 35.9 Å². The lowest BCUT2D eigenvalue weighted by atomic mass is 9.95. The number of hydrogen-bond donors (Lipinski definition) is 2. The standard InChI is InChI=1S/C29H49N3O4/c1-9-12-16-20-32(27(34)24(21(4)11-3)31-28(35)36-29(6,7)8)25(23-18-14-13-15-19-23)26(33)30-22(5)17-10-2/h13-15,18-19,21-22,24-25H,9-12,16-17,20H2,1-8H3,(H,30,33)(H,31,35). The zero-order chi connectivity index (χ0) is 27.3. The lowest BCUT2D eigenvalue weighted by Crippen LogP contribution is -2.55. The molecule has 1 rings (SSSR count). The van der Waals surface area contributed by atoms with E-state index in [1.54, 1.807) is 25.7 Å². The molecule has 0 bridgehead atoms. The number of nitrogens with one attached hydrogen (secondary N) is 2. The van der Waals surface area contributed by atoms with Crippen molar-refractivity contribution in [3.8, 4) is 0 Å². The average molecular weight is 504 g/mol. The summed E-state index contributed by atoms with van der Waals surface area (Å²) in [6, 6.07) is 7.82. The van der Waals surface area contributed by atoms with Crippen LogP contribution in [0.15, 0.2) is 30.3 Å². The van der Waals surface area contributed by atoms with Gasteiger partial charge in [-0.15, -0.1) is 0 Å². The highest BCUT2D eigenvalue weighted by Gasteiger charge is 2.38. The van der Waals surface area contributed by atoms with Crippen LogP contribution in [0.25, 0.3) is 0 Å². The molecule has 0 fully saturated rings. The van der Waals surface area contributed by atoms with Gasteiger partial charge in [-0.3, -0.25) is 9.59 Å². The molecule has 7 nitrogen and oxygen atoms in total. The van der Waals surface area contributed by atoms with Gasteiger partial charge >= 0.3 is 6.09 Å². The molecule has 0 aliphatic heterocycles. The van der Waals surface area contributed by atoms with Gasteiger partial charge in [-0.25, -0.2) is 4.79 Å². The Hall–Kier alpha value is -2.57. The van der Waals surface area contributed by atoms with E-state index in [1.807, 2.05) is 51.1 Å². The number of nitrogens with zero attached hydrogens (tertiary/aromatic N) is 1. The van der Waals surface area contributed by atoms with E-state index in [4.69, 9.17) is 4.74 Å². The molecule has 3 amide bonds. The number of hydrogen-bond acceptors (Lipinski definition) is 4. The summed E-state index contributed by atoms with van der Waals surface area (Å²) in [7, 11) is 0. The number of benzene rings is 1. The molecule has 0 saturated heterocycles. The van der Waals surface area contributed by atoms with E-state index in [0.29, 0.717) is 13.0 Å². The Bertz CT molecular complexity index is 806. The van der Waals surface area contributed by atoms with Crippen LogP contribution in [-0.4, -0.2) is 47.0 Å². The molecule has 2 N–H and O–H groups in total. The third kappa shape index (κ3) is 10.6. The van der Waals surface area contributed by atoms with Crippen LogP contribution in [-0.2, 0) is 14.3 Å². The highest BCUT2D eigenvalue weighted by Crippen LogP contribution is 2.25. The Kier molecular flexibility index (Phi) is 13.6. The van der Waals surface area contributed by atoms with Crippen LogP contribution in [0.3, 0.4) is 0 Å². The Morgan fingerprint density at radius 2 is 1.58 bits per heavy atom. The van der Waals surface area contributed by atoms with E-state index < -0.39 is 23.8 Å². The Balaban J connectivity index is 3.44. The summed E-state index contributed by atoms with van der Waals surface area (Å²) in [4.78, 5) is 42.2. The minimum atomic E-state index is -0.807. The smallest absolute Gasteiger partial charge is 0.408 e. The second kappa shape index (κ2) is 15.5. The minimum absolute atomic E-state index is 0.00782. The molecule has 4 atom stereocenters. The number of rotatable bonds is 14. The molecule has 0 radical (unpaired) electrons. The quantitative estimate of drug-likeness (QED) is 0.305. The molecule has 0 aromatic heterocycles. The molecule has 0 heterocycles. The van der Waals surface area contributed by atoms with E-state index in [1.165, 1.54) is 0 Å². The SMILES string of the molecule is CCCCCN(C(=O)C(NC(=O)OC(C)(C)C)C(C)CC)C(C(=O)NC(C)CCC)c1ccccc1. The summed E-state index contributed by atoms with van der Waals surface area (Å²) in [5.74, 6) is -0.608. The van der Waals surface area contributed by atoms with Gasteiger partial charge in [0.1, 0.15) is 17.7 Å². The van der Waals surface area contributed by atoms with Crippen molar-refractivity contribution >= 4 is 17.9 Å². The van der Waals surface area contributed by atoms with Gasteiger partial charge < -0.3 is 20.3 Å². The van der Waals surface area contributed by atoms with Crippen molar-refractivity contribution in [1.82, 2.24) is 15.5 Å². The van der Waals surface area contributed by atoms with Crippen LogP contribution in [0.2, 0.25) is 0 Å². The summed E-state index contributed by atoms with van der Waals surface area (Å²) >= 11 is 0. The molecule has 7 heteroatoms. The van der Waals surface area contributed by atoms with Crippen LogP contribution in [0, 0.1) is 5.92 Å². The highest BCUT2D eigenvalue weighted by molar-refractivity contribution is 5.92. The molecular weight excluding hydrogens is 454 g/mol. The summed E-state index contributed by atoms with van der Waals surface area (Å²) in [6.07, 6.45) is 4.55. The first-order valence-corrected chi connectivity index (χ1v) is 13.6. The van der Waals surface area contributed by atoms with Crippen molar-refractivity contribution in [2.75, 3.05) is 6.54 Å². The van der Waals surface area contributed by atoms with Crippen molar-refractivity contribution in [2.45, 2.75) is 118 Å². The first-order chi connectivity index (χ1) is 16.9. The number of carbonyl (C=O) groups is 3. The van der Waals surface area contributed by atoms with E-state index >= 15 is 0 Å². The molecule has 1 aromatic rings. The van der Waals surface area contributed by atoms with Crippen molar-refractivity contribution in [2.24, 2.45) is 5.92 Å². The lowest BCUT2D eigenvalue weighted by molar-refractivity contribution is -0.143. The fourth-order valence-corrected chi connectivity index (χ4v) is 4.13. The maximum Gasteiger partial charge on any atom is 0.408 e. The molecule has 0 aliphatic carbocycles. The van der Waals surface area contributed by atoms with Crippen molar-refractivity contribution in [3.63, 3.8) is 0 Å². The van der Waals surface area contributed by atoms with Gasteiger partial charge in [0.2, 0.25) is 11.8 Å². The second-order valence-corrected chi connectivity index (χ2v) is 10.8. The number of alkyl carbamates (subject to hydrolysis) is 1. The van der Waals surface area contributed by atoms with Crippen LogP contribution in [0.4, 0.5) is 4.79 Å². The summed E-state index contributed by atoms with van der Waals surface area (Å²) in [6.45, 7) is 15.9. The Labute approximate surface area is 218 Å². The van der Waals surface area contributed by atoms with Gasteiger partial charge in [-0.2, -0.15) is 0 Å². The normalized spacial score (nSPS) is 14.8. The zero-order valence-electron chi connectivity index (χ0n) is 23.7. The summed E-state index contributed by atoms with van der Waals surface area (Å²) < 4.78 is 5.46. The van der Waals surface area contributed by atoms with Crippen LogP contribution in [0.1, 0.15) is 106 Å². The van der Waals surface area contributed by atoms with Gasteiger partial charge in [0.05, 0.1) is 0 Å². The zero-order valence-corrected chi connectivity index (χ0v) is 23.7. The summed E-state index contributed by atoms with van der Waals surface area (Å²) in [5.41, 5.74) is 0.0687. The first kappa shape index (κ1) is 31.5. The fourth-order valence-electron chi connectivity index (χ4n) is 4.13. The van der Waals surface area contributed by atoms with E-state index in [2.05, 4.69) is 24.5 Å². The Morgan fingerprint density at radius 3 is 2.11 bits per heavy atom. The van der Waals surface area contributed by atoms with Gasteiger partial charge in [-0.1, -0.05) is 83.7 Å². The molecule has 0 spiro atoms. The number of amides is 3. The molecule has 204 valence electrons. The monoisotopic (exact) mass is 503 g/mol. The first-order valence-electron chi connectivity index (χ1n) is 13.6. The second-order valence-electron chi connectivity index (χ2n) is 10.8. The maximum absolute atomic E-state index is 14.1. The third-order valence-electron chi connectivity index (χ3n) is 6.22. The van der Waals surface area contributed by atoms with E-state index in [-0.39, 0.29) is 23.8 Å². The Morgan fingerprint density at radius 1 is 0.944 bits per heavy atom. The predicted octanol–water partition coefficient (Wildman–Crippen LogP) is 5.99. The van der Waals surface area contributed by atoms with Gasteiger partial charge in [0, 0.05) is 12.6 Å². The van der Waals surface area contributed by atoms with Gasteiger partial charge in [0.25, 0.3) is 0 Å². The molecule has 36 heavy (non-hydrogen) atoms. The maximum atomic E-state index is 14.1. The molecule has 1 aromatic carbocycles. The van der Waals surface area contributed by atoms with E-state index in [9.17, 15) is 14.4 Å². The molecular formula is C29H49N3O4. The molecule has 0 saturated carbocycles. The number of ether oxygens (including phenoxy) is 1. The van der Waals surface area contributed by atoms with Crippen molar-refractivity contribution < 1.29 is 19.1 Å². The van der Waals surface area contributed by atoms with Gasteiger partial charge in [-0.05, 0) is 52.0 Å². The predicted molar refractivity (Wildman–Crippen MR) is 146 cm³/mol. The molecule has 4 unspecified atom stereocenters. The van der Waals surface area contributed by atoms with Crippen LogP contribution in [0.5, 0.6) is 0 Å². The fraction of sp³-hybridized carbons (Fsp3) is 0.690. The van der Waals surface area contributed by atoms with Gasteiger partial charge in [0.15, 0.2) is 0 Å². The average Bonchev–Trinajstić information content (AvgIpc) is 2.80. The summed E-state index contributed by atoms with van der Waals surface area (Å²) in [5, 5.41) is 5.93. The number of unbranched alkanes of at least 4 members (excludes halogenated alkanes) is 2. The third-order valence-corrected chi connectivity index (χ3v) is 6.22. The largest absolute Gasteiger partial charge is 0.444 e. The van der Waals surface area contributed by atoms with Crippen molar-refractivity contribution in [1.29, 1.82) is 0 Å². The minimum Gasteiger partial charge on any atom is -0.444 e. The highest BCUT2D eigenvalue weighted by atomic mass is 16.6. The van der Waals surface area contributed by atoms with E-state index in [0.717, 1.165) is 37.7 Å².